The van der Waals surface area contributed by atoms with Crippen molar-refractivity contribution in [3.8, 4) is 5.75 Å². The summed E-state index contributed by atoms with van der Waals surface area (Å²) >= 11 is 0. The normalized spacial score (nSPS) is 18.7. The van der Waals surface area contributed by atoms with Crippen LogP contribution in [-0.2, 0) is 4.79 Å². The van der Waals surface area contributed by atoms with Gasteiger partial charge in [-0.25, -0.2) is 0 Å². The zero-order valence-electron chi connectivity index (χ0n) is 14.7. The van der Waals surface area contributed by atoms with Crippen molar-refractivity contribution >= 4 is 17.3 Å². The Balaban J connectivity index is 1.61. The lowest BCUT2D eigenvalue weighted by Crippen LogP contribution is -2.37. The van der Waals surface area contributed by atoms with Crippen LogP contribution in [0.25, 0.3) is 0 Å². The Bertz CT molecular complexity index is 872. The van der Waals surface area contributed by atoms with Gasteiger partial charge in [-0.05, 0) is 49.9 Å². The van der Waals surface area contributed by atoms with E-state index < -0.39 is 10.8 Å². The molecule has 2 aliphatic carbocycles. The van der Waals surface area contributed by atoms with E-state index in [1.165, 1.54) is 0 Å². The standard InChI is InChI=1S/C22H20O4/c1-26-17-9-7-16(8-10-17)19(24)22(13-14-22)20(25)21(11-12-21)18(23)15-5-3-2-4-6-15/h2-10H,11-14H2,1H3. The van der Waals surface area contributed by atoms with Crippen LogP contribution in [0, 0.1) is 10.8 Å². The predicted molar refractivity (Wildman–Crippen MR) is 96.4 cm³/mol. The molecule has 4 nitrogen and oxygen atoms in total. The van der Waals surface area contributed by atoms with Crippen molar-refractivity contribution in [3.05, 3.63) is 65.7 Å². The van der Waals surface area contributed by atoms with Crippen LogP contribution in [0.4, 0.5) is 0 Å². The summed E-state index contributed by atoms with van der Waals surface area (Å²) < 4.78 is 5.12. The summed E-state index contributed by atoms with van der Waals surface area (Å²) in [5.74, 6) is 0.171. The lowest BCUT2D eigenvalue weighted by molar-refractivity contribution is -0.126. The van der Waals surface area contributed by atoms with Gasteiger partial charge in [-0.3, -0.25) is 14.4 Å². The maximum atomic E-state index is 13.3. The van der Waals surface area contributed by atoms with Crippen LogP contribution in [0.1, 0.15) is 46.4 Å². The van der Waals surface area contributed by atoms with Crippen LogP contribution in [0.3, 0.4) is 0 Å². The number of carbonyl (C=O) groups excluding carboxylic acids is 3. The number of rotatable bonds is 7. The van der Waals surface area contributed by atoms with E-state index in [2.05, 4.69) is 0 Å². The number of methoxy groups -OCH3 is 1. The molecule has 132 valence electrons. The molecule has 2 aliphatic rings. The van der Waals surface area contributed by atoms with Crippen molar-refractivity contribution in [2.75, 3.05) is 7.11 Å². The molecule has 0 N–H and O–H groups in total. The monoisotopic (exact) mass is 348 g/mol. The zero-order chi connectivity index (χ0) is 18.4. The van der Waals surface area contributed by atoms with Crippen LogP contribution in [-0.4, -0.2) is 24.5 Å². The van der Waals surface area contributed by atoms with Gasteiger partial charge < -0.3 is 4.74 Å². The number of hydrogen-bond acceptors (Lipinski definition) is 4. The molecule has 0 aliphatic heterocycles. The van der Waals surface area contributed by atoms with Gasteiger partial charge in [0.25, 0.3) is 0 Å². The number of ketones is 3. The maximum Gasteiger partial charge on any atom is 0.176 e. The van der Waals surface area contributed by atoms with Gasteiger partial charge in [0.15, 0.2) is 17.3 Å². The third kappa shape index (κ3) is 2.48. The summed E-state index contributed by atoms with van der Waals surface area (Å²) in [5, 5.41) is 0. The minimum atomic E-state index is -1.02. The van der Waals surface area contributed by atoms with Crippen LogP contribution >= 0.6 is 0 Å². The lowest BCUT2D eigenvalue weighted by Gasteiger charge is -2.20. The maximum absolute atomic E-state index is 13.3. The molecule has 0 bridgehead atoms. The highest BCUT2D eigenvalue weighted by molar-refractivity contribution is 6.27. The Morgan fingerprint density at radius 3 is 1.62 bits per heavy atom. The van der Waals surface area contributed by atoms with Crippen molar-refractivity contribution in [1.82, 2.24) is 0 Å². The number of Topliss-reactive ketones (excluding diaryl/α,β-unsaturated/α-hetero) is 3. The second kappa shape index (κ2) is 5.90. The van der Waals surface area contributed by atoms with Crippen molar-refractivity contribution in [1.29, 1.82) is 0 Å². The first-order chi connectivity index (χ1) is 12.5. The molecule has 0 spiro atoms. The minimum absolute atomic E-state index is 0.142. The first-order valence-electron chi connectivity index (χ1n) is 8.87. The highest BCUT2D eigenvalue weighted by Gasteiger charge is 2.68. The molecule has 0 saturated heterocycles. The van der Waals surface area contributed by atoms with E-state index in [0.29, 0.717) is 42.6 Å². The van der Waals surface area contributed by atoms with Crippen molar-refractivity contribution in [3.63, 3.8) is 0 Å². The number of ether oxygens (including phenoxy) is 1. The molecule has 2 fully saturated rings. The van der Waals surface area contributed by atoms with Crippen molar-refractivity contribution < 1.29 is 19.1 Å². The fourth-order valence-electron chi connectivity index (χ4n) is 3.71. The fraction of sp³-hybridized carbons (Fsp3) is 0.318. The van der Waals surface area contributed by atoms with E-state index in [0.717, 1.165) is 0 Å². The molecule has 4 heteroatoms. The van der Waals surface area contributed by atoms with E-state index in [4.69, 9.17) is 4.74 Å². The van der Waals surface area contributed by atoms with Gasteiger partial charge in [0.2, 0.25) is 0 Å². The average molecular weight is 348 g/mol. The Morgan fingerprint density at radius 1 is 0.731 bits per heavy atom. The molecular weight excluding hydrogens is 328 g/mol. The van der Waals surface area contributed by atoms with E-state index in [1.54, 1.807) is 55.6 Å². The zero-order valence-corrected chi connectivity index (χ0v) is 14.7. The molecule has 0 radical (unpaired) electrons. The predicted octanol–water partition coefficient (Wildman–Crippen LogP) is 3.89. The van der Waals surface area contributed by atoms with E-state index in [-0.39, 0.29) is 17.3 Å². The van der Waals surface area contributed by atoms with Gasteiger partial charge in [-0.2, -0.15) is 0 Å². The number of benzene rings is 2. The Hall–Kier alpha value is -2.75. The highest BCUT2D eigenvalue weighted by Crippen LogP contribution is 2.60. The second-order valence-electron chi connectivity index (χ2n) is 7.25. The van der Waals surface area contributed by atoms with Gasteiger partial charge in [-0.1, -0.05) is 30.3 Å². The Labute approximate surface area is 152 Å². The highest BCUT2D eigenvalue weighted by atomic mass is 16.5. The van der Waals surface area contributed by atoms with E-state index in [1.807, 2.05) is 6.07 Å². The van der Waals surface area contributed by atoms with Crippen molar-refractivity contribution in [2.24, 2.45) is 10.8 Å². The minimum Gasteiger partial charge on any atom is -0.497 e. The first-order valence-corrected chi connectivity index (χ1v) is 8.87. The van der Waals surface area contributed by atoms with Crippen molar-refractivity contribution in [2.45, 2.75) is 25.7 Å². The molecule has 2 aromatic carbocycles. The fourth-order valence-corrected chi connectivity index (χ4v) is 3.71. The molecule has 2 aromatic rings. The second-order valence-corrected chi connectivity index (χ2v) is 7.25. The molecule has 4 rings (SSSR count). The Kier molecular flexibility index (Phi) is 3.79. The van der Waals surface area contributed by atoms with Gasteiger partial charge >= 0.3 is 0 Å². The quantitative estimate of drug-likeness (QED) is 0.562. The third-order valence-corrected chi connectivity index (χ3v) is 5.63. The van der Waals surface area contributed by atoms with Crippen LogP contribution < -0.4 is 4.74 Å². The van der Waals surface area contributed by atoms with Gasteiger partial charge in [0.05, 0.1) is 17.9 Å². The lowest BCUT2D eigenvalue weighted by atomic mass is 9.78. The Morgan fingerprint density at radius 2 is 1.19 bits per heavy atom. The van der Waals surface area contributed by atoms with Crippen LogP contribution in [0.5, 0.6) is 5.75 Å². The third-order valence-electron chi connectivity index (χ3n) is 5.63. The average Bonchev–Trinajstić information content (AvgIpc) is 3.61. The van der Waals surface area contributed by atoms with Gasteiger partial charge in [0, 0.05) is 11.1 Å². The first kappa shape index (κ1) is 16.7. The summed E-state index contributed by atoms with van der Waals surface area (Å²) in [4.78, 5) is 39.3. The largest absolute Gasteiger partial charge is 0.497 e. The molecule has 0 heterocycles. The molecule has 2 saturated carbocycles. The molecule has 0 aromatic heterocycles. The molecule has 26 heavy (non-hydrogen) atoms. The summed E-state index contributed by atoms with van der Waals surface area (Å²) in [5.41, 5.74) is -0.971. The summed E-state index contributed by atoms with van der Waals surface area (Å²) in [6, 6.07) is 15.7. The summed E-state index contributed by atoms with van der Waals surface area (Å²) in [7, 11) is 1.56. The SMILES string of the molecule is COc1ccc(C(=O)C2(C(=O)C3(C(=O)c4ccccc4)CC3)CC2)cc1. The summed E-state index contributed by atoms with van der Waals surface area (Å²) in [6.07, 6.45) is 2.13. The molecular formula is C22H20O4. The number of carbonyl (C=O) groups is 3. The van der Waals surface area contributed by atoms with Gasteiger partial charge in [0.1, 0.15) is 5.75 Å². The molecule has 0 amide bonds. The summed E-state index contributed by atoms with van der Waals surface area (Å²) in [6.45, 7) is 0. The van der Waals surface area contributed by atoms with E-state index >= 15 is 0 Å². The van der Waals surface area contributed by atoms with Crippen LogP contribution in [0.15, 0.2) is 54.6 Å². The smallest absolute Gasteiger partial charge is 0.176 e. The van der Waals surface area contributed by atoms with Crippen LogP contribution in [0.2, 0.25) is 0 Å². The van der Waals surface area contributed by atoms with E-state index in [9.17, 15) is 14.4 Å². The molecule has 0 atom stereocenters. The molecule has 0 unspecified atom stereocenters. The topological polar surface area (TPSA) is 60.4 Å². The number of hydrogen-bond donors (Lipinski definition) is 0. The van der Waals surface area contributed by atoms with Gasteiger partial charge in [-0.15, -0.1) is 0 Å².